The summed E-state index contributed by atoms with van der Waals surface area (Å²) in [5.74, 6) is 0.0797. The van der Waals surface area contributed by atoms with Gasteiger partial charge in [-0.3, -0.25) is 14.6 Å². The lowest BCUT2D eigenvalue weighted by molar-refractivity contribution is -0.119. The molecule has 0 spiro atoms. The number of nitrogens with zero attached hydrogens (tertiary/aromatic N) is 1. The lowest BCUT2D eigenvalue weighted by Gasteiger charge is -2.12. The van der Waals surface area contributed by atoms with E-state index in [0.717, 1.165) is 0 Å². The fraction of sp³-hybridized carbons (Fsp3) is 0.125. The van der Waals surface area contributed by atoms with Crippen molar-refractivity contribution in [3.63, 3.8) is 0 Å². The van der Waals surface area contributed by atoms with Crippen LogP contribution in [0.5, 0.6) is 11.5 Å². The smallest absolute Gasteiger partial charge is 0.270 e. The van der Waals surface area contributed by atoms with E-state index in [-0.39, 0.29) is 22.6 Å². The molecule has 0 radical (unpaired) electrons. The van der Waals surface area contributed by atoms with Crippen LogP contribution in [0.4, 0.5) is 0 Å². The van der Waals surface area contributed by atoms with Crippen LogP contribution in [0.25, 0.3) is 12.2 Å². The molecule has 0 saturated carbocycles. The first-order chi connectivity index (χ1) is 12.0. The first-order valence-corrected chi connectivity index (χ1v) is 7.40. The van der Waals surface area contributed by atoms with Crippen molar-refractivity contribution >= 4 is 30.3 Å². The maximum absolute atomic E-state index is 11.8. The van der Waals surface area contributed by atoms with Gasteiger partial charge in [0.1, 0.15) is 11.6 Å². The molecule has 25 heavy (non-hydrogen) atoms. The van der Waals surface area contributed by atoms with Crippen LogP contribution in [0.15, 0.2) is 23.0 Å². The van der Waals surface area contributed by atoms with Gasteiger partial charge in [-0.1, -0.05) is 12.1 Å². The van der Waals surface area contributed by atoms with Crippen LogP contribution in [-0.4, -0.2) is 29.6 Å². The zero-order valence-corrected chi connectivity index (χ0v) is 14.0. The minimum Gasteiger partial charge on any atom is -0.493 e. The van der Waals surface area contributed by atoms with Gasteiger partial charge in [-0.2, -0.15) is 5.26 Å². The lowest BCUT2D eigenvalue weighted by atomic mass is 10.1. The van der Waals surface area contributed by atoms with Crippen molar-refractivity contribution in [1.29, 1.82) is 5.26 Å². The van der Waals surface area contributed by atoms with Crippen molar-refractivity contribution in [3.05, 3.63) is 50.1 Å². The Kier molecular flexibility index (Phi) is 5.71. The topological polar surface area (TPSA) is 134 Å². The van der Waals surface area contributed by atoms with Gasteiger partial charge in [-0.25, -0.2) is 0 Å². The van der Waals surface area contributed by atoms with E-state index in [0.29, 0.717) is 17.1 Å². The van der Waals surface area contributed by atoms with Gasteiger partial charge < -0.3 is 20.2 Å². The van der Waals surface area contributed by atoms with Crippen LogP contribution >= 0.6 is 12.2 Å². The third kappa shape index (κ3) is 4.33. The number of para-hydroxylation sites is 1. The van der Waals surface area contributed by atoms with Gasteiger partial charge in [0.05, 0.1) is 12.8 Å². The molecule has 1 aromatic carbocycles. The van der Waals surface area contributed by atoms with Crippen LogP contribution in [-0.2, 0) is 4.79 Å². The third-order valence-corrected chi connectivity index (χ3v) is 3.31. The van der Waals surface area contributed by atoms with E-state index in [1.807, 2.05) is 6.07 Å². The molecule has 128 valence electrons. The SMILES string of the molecule is COc1cccc(/C=C/c2[nH]c(=S)[nH]c(=O)c2C#N)c1OCC(N)=O. The van der Waals surface area contributed by atoms with Crippen molar-refractivity contribution < 1.29 is 14.3 Å². The number of nitrogens with one attached hydrogen (secondary N) is 2. The number of rotatable bonds is 6. The second kappa shape index (κ2) is 7.94. The van der Waals surface area contributed by atoms with E-state index in [2.05, 4.69) is 9.97 Å². The molecule has 1 aromatic heterocycles. The molecule has 2 aromatic rings. The predicted octanol–water partition coefficient (Wildman–Crippen LogP) is 1.35. The van der Waals surface area contributed by atoms with Gasteiger partial charge in [-0.15, -0.1) is 0 Å². The van der Waals surface area contributed by atoms with Crippen molar-refractivity contribution in [2.75, 3.05) is 13.7 Å². The van der Waals surface area contributed by atoms with E-state index in [4.69, 9.17) is 32.7 Å². The number of primary amides is 1. The summed E-state index contributed by atoms with van der Waals surface area (Å²) in [5, 5.41) is 9.12. The van der Waals surface area contributed by atoms with E-state index < -0.39 is 11.5 Å². The van der Waals surface area contributed by atoms with Crippen LogP contribution in [0.3, 0.4) is 0 Å². The Morgan fingerprint density at radius 1 is 1.40 bits per heavy atom. The number of ether oxygens (including phenoxy) is 2. The first-order valence-electron chi connectivity index (χ1n) is 6.99. The lowest BCUT2D eigenvalue weighted by Crippen LogP contribution is -2.20. The number of aromatic amines is 2. The molecule has 0 fully saturated rings. The average Bonchev–Trinajstić information content (AvgIpc) is 2.57. The third-order valence-electron chi connectivity index (χ3n) is 3.10. The van der Waals surface area contributed by atoms with Gasteiger partial charge in [0.25, 0.3) is 11.5 Å². The number of hydrogen-bond acceptors (Lipinski definition) is 6. The highest BCUT2D eigenvalue weighted by Gasteiger charge is 2.11. The quantitative estimate of drug-likeness (QED) is 0.667. The largest absolute Gasteiger partial charge is 0.493 e. The highest BCUT2D eigenvalue weighted by Crippen LogP contribution is 2.32. The minimum absolute atomic E-state index is 0.0968. The molecule has 0 saturated heterocycles. The molecule has 0 aliphatic rings. The van der Waals surface area contributed by atoms with Gasteiger partial charge in [0.2, 0.25) is 0 Å². The molecule has 0 atom stereocenters. The Hall–Kier alpha value is -3.38. The van der Waals surface area contributed by atoms with Crippen molar-refractivity contribution in [1.82, 2.24) is 9.97 Å². The number of nitrogens with two attached hydrogens (primary N) is 1. The summed E-state index contributed by atoms with van der Waals surface area (Å²) in [7, 11) is 1.46. The molecule has 1 heterocycles. The van der Waals surface area contributed by atoms with Crippen LogP contribution in [0.1, 0.15) is 16.8 Å². The average molecular weight is 358 g/mol. The highest BCUT2D eigenvalue weighted by atomic mass is 32.1. The molecule has 4 N–H and O–H groups in total. The molecule has 0 aliphatic heterocycles. The van der Waals surface area contributed by atoms with E-state index in [1.165, 1.54) is 13.2 Å². The van der Waals surface area contributed by atoms with Crippen LogP contribution < -0.4 is 20.8 Å². The summed E-state index contributed by atoms with van der Waals surface area (Å²) in [6.45, 7) is -0.321. The molecule has 1 amide bonds. The van der Waals surface area contributed by atoms with Gasteiger partial charge in [0.15, 0.2) is 22.9 Å². The molecule has 0 bridgehead atoms. The number of nitriles is 1. The number of H-pyrrole nitrogens is 2. The maximum Gasteiger partial charge on any atom is 0.270 e. The second-order valence-electron chi connectivity index (χ2n) is 4.78. The Balaban J connectivity index is 2.49. The first kappa shape index (κ1) is 18.0. The predicted molar refractivity (Wildman–Crippen MR) is 93.6 cm³/mol. The summed E-state index contributed by atoms with van der Waals surface area (Å²) in [6, 6.07) is 6.91. The normalized spacial score (nSPS) is 10.4. The highest BCUT2D eigenvalue weighted by molar-refractivity contribution is 7.71. The number of amides is 1. The maximum atomic E-state index is 11.8. The van der Waals surface area contributed by atoms with Gasteiger partial charge >= 0.3 is 0 Å². The van der Waals surface area contributed by atoms with Crippen molar-refractivity contribution in [2.24, 2.45) is 5.73 Å². The van der Waals surface area contributed by atoms with E-state index in [9.17, 15) is 9.59 Å². The Bertz CT molecular complexity index is 985. The van der Waals surface area contributed by atoms with E-state index in [1.54, 1.807) is 24.3 Å². The number of aromatic nitrogens is 2. The van der Waals surface area contributed by atoms with E-state index >= 15 is 0 Å². The summed E-state index contributed by atoms with van der Waals surface area (Å²) >= 11 is 4.91. The molecule has 2 rings (SSSR count). The van der Waals surface area contributed by atoms with Crippen molar-refractivity contribution in [2.45, 2.75) is 0 Å². The number of carbonyl (C=O) groups excluding carboxylic acids is 1. The number of carbonyl (C=O) groups is 1. The summed E-state index contributed by atoms with van der Waals surface area (Å²) in [4.78, 5) is 27.8. The molecular weight excluding hydrogens is 344 g/mol. The number of hydrogen-bond donors (Lipinski definition) is 3. The summed E-state index contributed by atoms with van der Waals surface area (Å²) < 4.78 is 10.7. The van der Waals surface area contributed by atoms with Crippen LogP contribution in [0.2, 0.25) is 0 Å². The zero-order valence-electron chi connectivity index (χ0n) is 13.2. The van der Waals surface area contributed by atoms with Gasteiger partial charge in [-0.05, 0) is 30.4 Å². The summed E-state index contributed by atoms with van der Waals surface area (Å²) in [5.41, 5.74) is 5.23. The fourth-order valence-electron chi connectivity index (χ4n) is 2.04. The molecular formula is C16H14N4O4S. The Labute approximate surface area is 147 Å². The fourth-order valence-corrected chi connectivity index (χ4v) is 2.24. The molecule has 8 nitrogen and oxygen atoms in total. The number of methoxy groups -OCH3 is 1. The van der Waals surface area contributed by atoms with Crippen LogP contribution in [0, 0.1) is 16.1 Å². The Morgan fingerprint density at radius 2 is 2.16 bits per heavy atom. The monoisotopic (exact) mass is 358 g/mol. The Morgan fingerprint density at radius 3 is 2.80 bits per heavy atom. The molecule has 0 unspecified atom stereocenters. The van der Waals surface area contributed by atoms with Gasteiger partial charge in [0, 0.05) is 5.56 Å². The van der Waals surface area contributed by atoms with Crippen molar-refractivity contribution in [3.8, 4) is 17.6 Å². The zero-order chi connectivity index (χ0) is 18.4. The molecule has 9 heteroatoms. The standard InChI is InChI=1S/C16H14N4O4S/c1-23-12-4-2-3-9(14(12)24-8-13(18)21)5-6-11-10(7-17)15(22)20-16(25)19-11/h2-6H,8H2,1H3,(H2,18,21)(H2,19,20,22,25)/b6-5+. The second-order valence-corrected chi connectivity index (χ2v) is 5.18. The minimum atomic E-state index is -0.633. The number of benzene rings is 1. The summed E-state index contributed by atoms with van der Waals surface area (Å²) in [6.07, 6.45) is 3.11. The molecule has 0 aliphatic carbocycles.